The van der Waals surface area contributed by atoms with Gasteiger partial charge in [-0.15, -0.1) is 0 Å². The molecule has 4 N–H and O–H groups in total. The number of nitrogens with one attached hydrogen (secondary N) is 2. The molecule has 0 saturated carbocycles. The molecule has 0 aliphatic heterocycles. The summed E-state index contributed by atoms with van der Waals surface area (Å²) in [7, 11) is 0. The Morgan fingerprint density at radius 1 is 1.45 bits per heavy atom. The fourth-order valence-electron chi connectivity index (χ4n) is 1.45. The van der Waals surface area contributed by atoms with Gasteiger partial charge in [0, 0.05) is 19.2 Å². The van der Waals surface area contributed by atoms with Gasteiger partial charge in [0.2, 0.25) is 0 Å². The molecule has 0 aliphatic rings. The van der Waals surface area contributed by atoms with Crippen LogP contribution >= 0.6 is 0 Å². The Labute approximate surface area is 117 Å². The maximum absolute atomic E-state index is 10.8. The normalized spacial score (nSPS) is 10.9. The third-order valence-corrected chi connectivity index (χ3v) is 2.37. The molecule has 7 nitrogen and oxygen atoms in total. The monoisotopic (exact) mass is 277 g/mol. The van der Waals surface area contributed by atoms with Crippen LogP contribution in [0.4, 0.5) is 11.4 Å². The first-order chi connectivity index (χ1) is 9.50. The molecule has 20 heavy (non-hydrogen) atoms. The van der Waals surface area contributed by atoms with Crippen LogP contribution in [0.1, 0.15) is 6.92 Å². The van der Waals surface area contributed by atoms with Gasteiger partial charge in [0.15, 0.2) is 5.96 Å². The van der Waals surface area contributed by atoms with E-state index < -0.39 is 4.92 Å². The summed E-state index contributed by atoms with van der Waals surface area (Å²) < 4.78 is 0. The highest BCUT2D eigenvalue weighted by molar-refractivity contribution is 5.78. The van der Waals surface area contributed by atoms with E-state index in [0.717, 1.165) is 5.57 Å². The van der Waals surface area contributed by atoms with E-state index in [9.17, 15) is 10.1 Å². The van der Waals surface area contributed by atoms with Gasteiger partial charge in [0.1, 0.15) is 5.69 Å². The Hall–Kier alpha value is -2.57. The van der Waals surface area contributed by atoms with Gasteiger partial charge in [0.05, 0.1) is 11.5 Å². The fraction of sp³-hybridized carbons (Fsp3) is 0.308. The van der Waals surface area contributed by atoms with Crippen molar-refractivity contribution in [2.24, 2.45) is 10.7 Å². The van der Waals surface area contributed by atoms with Crippen LogP contribution in [0.3, 0.4) is 0 Å². The number of nitro groups is 1. The number of anilines is 1. The van der Waals surface area contributed by atoms with Crippen molar-refractivity contribution in [2.45, 2.75) is 6.92 Å². The lowest BCUT2D eigenvalue weighted by atomic mass is 10.2. The molecule has 0 heterocycles. The van der Waals surface area contributed by atoms with E-state index in [0.29, 0.717) is 31.3 Å². The molecule has 0 spiro atoms. The minimum Gasteiger partial charge on any atom is -0.378 e. The van der Waals surface area contributed by atoms with Gasteiger partial charge >= 0.3 is 0 Å². The lowest BCUT2D eigenvalue weighted by Crippen LogP contribution is -2.35. The van der Waals surface area contributed by atoms with Gasteiger partial charge in [-0.1, -0.05) is 24.3 Å². The van der Waals surface area contributed by atoms with E-state index in [1.807, 2.05) is 6.92 Å². The van der Waals surface area contributed by atoms with Crippen LogP contribution in [-0.2, 0) is 0 Å². The highest BCUT2D eigenvalue weighted by atomic mass is 16.6. The van der Waals surface area contributed by atoms with Crippen molar-refractivity contribution < 1.29 is 4.92 Å². The number of nitro benzene ring substituents is 1. The number of hydrogen-bond acceptors (Lipinski definition) is 4. The summed E-state index contributed by atoms with van der Waals surface area (Å²) in [6.45, 7) is 7.08. The molecular weight excluding hydrogens is 258 g/mol. The first kappa shape index (κ1) is 15.5. The molecule has 1 rings (SSSR count). The largest absolute Gasteiger partial charge is 0.378 e. The molecule has 0 bridgehead atoms. The van der Waals surface area contributed by atoms with Crippen LogP contribution in [0.15, 0.2) is 41.4 Å². The zero-order valence-corrected chi connectivity index (χ0v) is 11.4. The van der Waals surface area contributed by atoms with Crippen LogP contribution in [0.5, 0.6) is 0 Å². The van der Waals surface area contributed by atoms with E-state index in [4.69, 9.17) is 5.73 Å². The molecule has 0 aromatic heterocycles. The summed E-state index contributed by atoms with van der Waals surface area (Å²) in [6, 6.07) is 6.49. The summed E-state index contributed by atoms with van der Waals surface area (Å²) in [6.07, 6.45) is 0. The van der Waals surface area contributed by atoms with Crippen molar-refractivity contribution in [3.8, 4) is 0 Å². The Balaban J connectivity index is 2.40. The third-order valence-electron chi connectivity index (χ3n) is 2.37. The number of nitrogens with two attached hydrogens (primary N) is 1. The SMILES string of the molecule is C=C(C)CN=C(N)NCCNc1ccccc1[N+](=O)[O-]. The van der Waals surface area contributed by atoms with E-state index >= 15 is 0 Å². The van der Waals surface area contributed by atoms with Crippen LogP contribution in [0.25, 0.3) is 0 Å². The summed E-state index contributed by atoms with van der Waals surface area (Å²) in [5, 5.41) is 16.7. The van der Waals surface area contributed by atoms with Gasteiger partial charge in [-0.2, -0.15) is 0 Å². The Kier molecular flexibility index (Phi) is 6.02. The number of guanidine groups is 1. The lowest BCUT2D eigenvalue weighted by molar-refractivity contribution is -0.384. The predicted molar refractivity (Wildman–Crippen MR) is 80.9 cm³/mol. The van der Waals surface area contributed by atoms with Crippen molar-refractivity contribution in [1.82, 2.24) is 5.32 Å². The van der Waals surface area contributed by atoms with Crippen molar-refractivity contribution in [3.05, 3.63) is 46.5 Å². The van der Waals surface area contributed by atoms with Crippen LogP contribution < -0.4 is 16.4 Å². The number of para-hydroxylation sites is 2. The average molecular weight is 277 g/mol. The van der Waals surface area contributed by atoms with Crippen molar-refractivity contribution in [3.63, 3.8) is 0 Å². The van der Waals surface area contributed by atoms with E-state index in [2.05, 4.69) is 22.2 Å². The van der Waals surface area contributed by atoms with E-state index in [1.54, 1.807) is 18.2 Å². The van der Waals surface area contributed by atoms with E-state index in [-0.39, 0.29) is 5.69 Å². The Bertz CT molecular complexity index is 513. The summed E-state index contributed by atoms with van der Waals surface area (Å²) in [4.78, 5) is 14.5. The number of rotatable bonds is 7. The molecule has 1 aromatic rings. The molecule has 0 amide bonds. The molecule has 0 atom stereocenters. The maximum Gasteiger partial charge on any atom is 0.292 e. The molecule has 0 unspecified atom stereocenters. The topological polar surface area (TPSA) is 106 Å². The summed E-state index contributed by atoms with van der Waals surface area (Å²) in [5.74, 6) is 0.331. The molecule has 1 aromatic carbocycles. The minimum absolute atomic E-state index is 0.0522. The van der Waals surface area contributed by atoms with Crippen LogP contribution in [0.2, 0.25) is 0 Å². The highest BCUT2D eigenvalue weighted by Crippen LogP contribution is 2.22. The van der Waals surface area contributed by atoms with Gasteiger partial charge in [-0.25, -0.2) is 4.99 Å². The van der Waals surface area contributed by atoms with Gasteiger partial charge in [-0.3, -0.25) is 10.1 Å². The third kappa shape index (κ3) is 5.38. The first-order valence-electron chi connectivity index (χ1n) is 6.16. The highest BCUT2D eigenvalue weighted by Gasteiger charge is 2.10. The lowest BCUT2D eigenvalue weighted by Gasteiger charge is -2.08. The smallest absolute Gasteiger partial charge is 0.292 e. The quantitative estimate of drug-likeness (QED) is 0.175. The second kappa shape index (κ2) is 7.78. The fourth-order valence-corrected chi connectivity index (χ4v) is 1.45. The van der Waals surface area contributed by atoms with Crippen LogP contribution in [-0.4, -0.2) is 30.5 Å². The zero-order chi connectivity index (χ0) is 15.0. The summed E-state index contributed by atoms with van der Waals surface area (Å²) >= 11 is 0. The van der Waals surface area contributed by atoms with Crippen LogP contribution in [0, 0.1) is 10.1 Å². The second-order valence-corrected chi connectivity index (χ2v) is 4.29. The van der Waals surface area contributed by atoms with Crippen molar-refractivity contribution in [2.75, 3.05) is 25.0 Å². The molecular formula is C13H19N5O2. The molecule has 0 aliphatic carbocycles. The molecule has 7 heteroatoms. The molecule has 0 fully saturated rings. The van der Waals surface area contributed by atoms with Crippen molar-refractivity contribution >= 4 is 17.3 Å². The van der Waals surface area contributed by atoms with Gasteiger partial charge < -0.3 is 16.4 Å². The second-order valence-electron chi connectivity index (χ2n) is 4.29. The molecule has 0 radical (unpaired) electrons. The Morgan fingerprint density at radius 2 is 2.15 bits per heavy atom. The number of aliphatic imine (C=N–C) groups is 1. The van der Waals surface area contributed by atoms with Gasteiger partial charge in [-0.05, 0) is 13.0 Å². The first-order valence-corrected chi connectivity index (χ1v) is 6.16. The molecule has 0 saturated heterocycles. The number of benzene rings is 1. The summed E-state index contributed by atoms with van der Waals surface area (Å²) in [5.41, 5.74) is 7.10. The predicted octanol–water partition coefficient (Wildman–Crippen LogP) is 1.49. The average Bonchev–Trinajstić information content (AvgIpc) is 2.41. The standard InChI is InChI=1S/C13H19N5O2/c1-10(2)9-17-13(14)16-8-7-15-11-5-3-4-6-12(11)18(19)20/h3-6,15H,1,7-9H2,2H3,(H3,14,16,17). The Morgan fingerprint density at radius 3 is 2.80 bits per heavy atom. The number of hydrogen-bond donors (Lipinski definition) is 3. The zero-order valence-electron chi connectivity index (χ0n) is 11.4. The molecule has 108 valence electrons. The van der Waals surface area contributed by atoms with E-state index in [1.165, 1.54) is 6.07 Å². The minimum atomic E-state index is -0.418. The van der Waals surface area contributed by atoms with Crippen molar-refractivity contribution in [1.29, 1.82) is 0 Å². The number of nitrogens with zero attached hydrogens (tertiary/aromatic N) is 2. The van der Waals surface area contributed by atoms with Gasteiger partial charge in [0.25, 0.3) is 5.69 Å². The maximum atomic E-state index is 10.8.